The van der Waals surface area contributed by atoms with E-state index in [9.17, 15) is 9.90 Å². The van der Waals surface area contributed by atoms with Crippen LogP contribution in [0.1, 0.15) is 73.7 Å². The third-order valence-electron chi connectivity index (χ3n) is 7.98. The molecule has 0 radical (unpaired) electrons. The molecule has 6 heteroatoms. The van der Waals surface area contributed by atoms with E-state index in [1.54, 1.807) is 0 Å². The van der Waals surface area contributed by atoms with Gasteiger partial charge in [0.15, 0.2) is 0 Å². The number of fused-ring (bicyclic) bond motifs is 8. The smallest absolute Gasteiger partial charge is 0.303 e. The van der Waals surface area contributed by atoms with Crippen molar-refractivity contribution in [1.82, 2.24) is 19.9 Å². The van der Waals surface area contributed by atoms with Crippen LogP contribution < -0.4 is 21.4 Å². The van der Waals surface area contributed by atoms with Gasteiger partial charge in [-0.05, 0) is 98.7 Å². The number of nitrogens with one attached hydrogen (secondary N) is 4. The zero-order valence-corrected chi connectivity index (χ0v) is 22.6. The van der Waals surface area contributed by atoms with E-state index < -0.39 is 5.97 Å². The van der Waals surface area contributed by atoms with Crippen LogP contribution >= 0.6 is 0 Å². The summed E-state index contributed by atoms with van der Waals surface area (Å²) in [5, 5.41) is 13.3. The predicted molar refractivity (Wildman–Crippen MR) is 156 cm³/mol. The number of aromatic nitrogens is 4. The number of aliphatic carboxylic acids is 1. The van der Waals surface area contributed by atoms with E-state index in [0.717, 1.165) is 83.1 Å². The molecule has 0 unspecified atom stereocenters. The Bertz CT molecular complexity index is 1880. The molecule has 0 atom stereocenters. The average molecular weight is 507 g/mol. The van der Waals surface area contributed by atoms with Crippen molar-refractivity contribution in [3.63, 3.8) is 0 Å². The maximum atomic E-state index is 11.4. The molecule has 0 fully saturated rings. The van der Waals surface area contributed by atoms with Crippen molar-refractivity contribution >= 4 is 42.4 Å². The van der Waals surface area contributed by atoms with Gasteiger partial charge < -0.3 is 25.0 Å². The summed E-state index contributed by atoms with van der Waals surface area (Å²) in [6.07, 6.45) is 12.8. The number of H-pyrrole nitrogens is 4. The summed E-state index contributed by atoms with van der Waals surface area (Å²) >= 11 is 0. The Balaban J connectivity index is 1.93. The maximum Gasteiger partial charge on any atom is 0.303 e. The van der Waals surface area contributed by atoms with Gasteiger partial charge in [-0.2, -0.15) is 0 Å². The van der Waals surface area contributed by atoms with Crippen LogP contribution in [0.15, 0.2) is 13.2 Å². The summed E-state index contributed by atoms with van der Waals surface area (Å²) in [6.45, 7) is 18.6. The SMILES string of the molecule is C=Cc1c2[nH]c(c1C)C=c1[nH]c(c(C)c1C=C)=Cc1[nH]c(c(C)c1C)C=c1[nH]c(c(C)c1CCC(=O)O)=C2. The third-order valence-corrected chi connectivity index (χ3v) is 7.98. The van der Waals surface area contributed by atoms with Crippen LogP contribution in [0.25, 0.3) is 36.5 Å². The summed E-state index contributed by atoms with van der Waals surface area (Å²) in [5.74, 6) is -0.808. The molecule has 38 heavy (non-hydrogen) atoms. The predicted octanol–water partition coefficient (Wildman–Crippen LogP) is 3.47. The molecule has 0 saturated heterocycles. The van der Waals surface area contributed by atoms with Crippen molar-refractivity contribution in [1.29, 1.82) is 0 Å². The molecular weight excluding hydrogens is 472 g/mol. The van der Waals surface area contributed by atoms with E-state index in [1.165, 1.54) is 5.56 Å². The Labute approximate surface area is 221 Å². The van der Waals surface area contributed by atoms with Gasteiger partial charge in [-0.3, -0.25) is 4.79 Å². The van der Waals surface area contributed by atoms with Crippen LogP contribution in [0.2, 0.25) is 0 Å². The Morgan fingerprint density at radius 1 is 0.658 bits per heavy atom. The molecular formula is C32H34N4O2. The van der Waals surface area contributed by atoms with Crippen molar-refractivity contribution in [2.45, 2.75) is 47.5 Å². The van der Waals surface area contributed by atoms with Crippen molar-refractivity contribution in [2.24, 2.45) is 0 Å². The highest BCUT2D eigenvalue weighted by atomic mass is 16.4. The fourth-order valence-corrected chi connectivity index (χ4v) is 5.45. The summed E-state index contributed by atoms with van der Waals surface area (Å²) in [5.41, 5.74) is 12.7. The molecule has 6 nitrogen and oxygen atoms in total. The maximum absolute atomic E-state index is 11.4. The summed E-state index contributed by atoms with van der Waals surface area (Å²) in [6, 6.07) is 0. The minimum Gasteiger partial charge on any atom is -0.481 e. The van der Waals surface area contributed by atoms with Crippen molar-refractivity contribution < 1.29 is 9.90 Å². The average Bonchev–Trinajstić information content (AvgIpc) is 3.52. The highest BCUT2D eigenvalue weighted by molar-refractivity contribution is 5.72. The minimum absolute atomic E-state index is 0.0687. The van der Waals surface area contributed by atoms with Gasteiger partial charge in [0.25, 0.3) is 0 Å². The number of hydrogen-bond donors (Lipinski definition) is 5. The molecule has 5 N–H and O–H groups in total. The molecule has 0 spiro atoms. The molecule has 1 aliphatic rings. The van der Waals surface area contributed by atoms with Crippen molar-refractivity contribution in [3.8, 4) is 0 Å². The van der Waals surface area contributed by atoms with Gasteiger partial charge in [0, 0.05) is 61.7 Å². The summed E-state index contributed by atoms with van der Waals surface area (Å²) in [4.78, 5) is 25.8. The summed E-state index contributed by atoms with van der Waals surface area (Å²) in [7, 11) is 0. The fourth-order valence-electron chi connectivity index (χ4n) is 5.45. The first-order valence-corrected chi connectivity index (χ1v) is 12.8. The number of hydrogen-bond acceptors (Lipinski definition) is 1. The van der Waals surface area contributed by atoms with E-state index >= 15 is 0 Å². The Morgan fingerprint density at radius 3 is 1.79 bits per heavy atom. The van der Waals surface area contributed by atoms with Gasteiger partial charge in [0.2, 0.25) is 0 Å². The number of carboxylic acid groups (broad SMARTS) is 1. The second-order valence-corrected chi connectivity index (χ2v) is 10.1. The van der Waals surface area contributed by atoms with E-state index in [2.05, 4.69) is 85.1 Å². The lowest BCUT2D eigenvalue weighted by atomic mass is 10.1. The molecule has 5 rings (SSSR count). The lowest BCUT2D eigenvalue weighted by Gasteiger charge is -1.99. The normalized spacial score (nSPS) is 12.2. The molecule has 194 valence electrons. The quantitative estimate of drug-likeness (QED) is 0.252. The molecule has 4 aromatic rings. The van der Waals surface area contributed by atoms with Gasteiger partial charge in [0.1, 0.15) is 0 Å². The van der Waals surface area contributed by atoms with Gasteiger partial charge in [-0.25, -0.2) is 0 Å². The molecule has 5 heterocycles. The van der Waals surface area contributed by atoms with Gasteiger partial charge >= 0.3 is 5.97 Å². The van der Waals surface area contributed by atoms with E-state index in [-0.39, 0.29) is 6.42 Å². The highest BCUT2D eigenvalue weighted by Gasteiger charge is 2.15. The number of carbonyl (C=O) groups is 1. The van der Waals surface area contributed by atoms with Crippen LogP contribution in [-0.4, -0.2) is 31.0 Å². The van der Waals surface area contributed by atoms with Crippen LogP contribution in [0, 0.1) is 34.6 Å². The molecule has 4 aromatic heterocycles. The van der Waals surface area contributed by atoms with Crippen LogP contribution in [0.3, 0.4) is 0 Å². The lowest BCUT2D eigenvalue weighted by Crippen LogP contribution is -2.13. The number of aromatic amines is 4. The van der Waals surface area contributed by atoms with E-state index in [1.807, 2.05) is 19.1 Å². The zero-order chi connectivity index (χ0) is 27.3. The third kappa shape index (κ3) is 4.12. The molecule has 0 aromatic carbocycles. The fraction of sp³-hybridized carbons (Fsp3) is 0.219. The molecule has 0 saturated carbocycles. The second-order valence-electron chi connectivity index (χ2n) is 10.1. The van der Waals surface area contributed by atoms with Crippen LogP contribution in [0.4, 0.5) is 0 Å². The van der Waals surface area contributed by atoms with Gasteiger partial charge in [0.05, 0.1) is 0 Å². The zero-order valence-electron chi connectivity index (χ0n) is 22.6. The summed E-state index contributed by atoms with van der Waals surface area (Å²) < 4.78 is 0. The second kappa shape index (κ2) is 9.45. The standard InChI is InChI=1S/C32H34N4O2/c1-8-21-18(5)26-12-24-16(3)17(4)25(33-24)13-31-23(10-11-32(37)38)20(7)28(36-31)15-30-22(9-2)19(6)27(35-30)14-29(21)34-26/h8-9,12-15,33-36H,1-2,10-11H2,3-7H3,(H,37,38). The topological polar surface area (TPSA) is 100 Å². The first-order valence-electron chi connectivity index (χ1n) is 12.8. The van der Waals surface area contributed by atoms with Crippen molar-refractivity contribution in [3.05, 3.63) is 102 Å². The Hall–Kier alpha value is -4.45. The molecule has 0 amide bonds. The van der Waals surface area contributed by atoms with Crippen LogP contribution in [-0.2, 0) is 11.2 Å². The molecule has 8 bridgehead atoms. The first kappa shape index (κ1) is 25.2. The van der Waals surface area contributed by atoms with E-state index in [0.29, 0.717) is 6.42 Å². The van der Waals surface area contributed by atoms with Gasteiger partial charge in [-0.15, -0.1) is 0 Å². The lowest BCUT2D eigenvalue weighted by molar-refractivity contribution is -0.136. The highest BCUT2D eigenvalue weighted by Crippen LogP contribution is 2.22. The largest absolute Gasteiger partial charge is 0.481 e. The minimum atomic E-state index is -0.808. The Kier molecular flexibility index (Phi) is 6.27. The molecule has 1 aliphatic heterocycles. The molecule has 0 aliphatic carbocycles. The van der Waals surface area contributed by atoms with Gasteiger partial charge in [-0.1, -0.05) is 25.3 Å². The van der Waals surface area contributed by atoms with E-state index in [4.69, 9.17) is 0 Å². The monoisotopic (exact) mass is 506 g/mol. The first-order chi connectivity index (χ1) is 18.1. The van der Waals surface area contributed by atoms with Crippen molar-refractivity contribution in [2.75, 3.05) is 0 Å². The Morgan fingerprint density at radius 2 is 1.16 bits per heavy atom. The number of rotatable bonds is 5. The van der Waals surface area contributed by atoms with Crippen LogP contribution in [0.5, 0.6) is 0 Å². The number of carboxylic acids is 1.